The minimum Gasteiger partial charge on any atom is -0.492 e. The summed E-state index contributed by atoms with van der Waals surface area (Å²) in [6.07, 6.45) is 4.09. The van der Waals surface area contributed by atoms with Gasteiger partial charge in [-0.15, -0.1) is 0 Å². The molecule has 5 saturated heterocycles. The number of piperidine rings is 3. The minimum absolute atomic E-state index is 0.112. The van der Waals surface area contributed by atoms with Gasteiger partial charge < -0.3 is 24.1 Å². The van der Waals surface area contributed by atoms with Crippen LogP contribution in [0.2, 0.25) is 0 Å². The van der Waals surface area contributed by atoms with Gasteiger partial charge in [0.2, 0.25) is 18.4 Å². The number of rotatable bonds is 2. The molecule has 7 heterocycles. The lowest BCUT2D eigenvalue weighted by atomic mass is 9.68. The smallest absolute Gasteiger partial charge is 0.231 e. The Morgan fingerprint density at radius 3 is 3.18 bits per heavy atom. The van der Waals surface area contributed by atoms with Crippen molar-refractivity contribution in [1.29, 1.82) is 0 Å². The highest BCUT2D eigenvalue weighted by Gasteiger charge is 2.69. The fraction of sp³-hybridized carbons (Fsp3) is 0.571. The second-order valence-corrected chi connectivity index (χ2v) is 8.66. The largest absolute Gasteiger partial charge is 0.492 e. The van der Waals surface area contributed by atoms with Crippen molar-refractivity contribution in [2.75, 3.05) is 33.7 Å². The lowest BCUT2D eigenvalue weighted by Gasteiger charge is -2.54. The van der Waals surface area contributed by atoms with Gasteiger partial charge in [0.05, 0.1) is 31.4 Å². The van der Waals surface area contributed by atoms with E-state index in [0.29, 0.717) is 42.0 Å². The molecule has 1 N–H and O–H groups in total. The summed E-state index contributed by atoms with van der Waals surface area (Å²) in [6, 6.07) is 2.79. The highest BCUT2D eigenvalue weighted by molar-refractivity contribution is 6.00. The van der Waals surface area contributed by atoms with E-state index in [9.17, 15) is 5.11 Å². The van der Waals surface area contributed by atoms with Gasteiger partial charge in [-0.3, -0.25) is 4.90 Å². The summed E-state index contributed by atoms with van der Waals surface area (Å²) in [5.74, 6) is 3.92. The van der Waals surface area contributed by atoms with Gasteiger partial charge in [-0.1, -0.05) is 11.6 Å². The third-order valence-electron chi connectivity index (χ3n) is 7.87. The summed E-state index contributed by atoms with van der Waals surface area (Å²) in [5.41, 5.74) is 3.10. The Morgan fingerprint density at radius 1 is 1.39 bits per heavy atom. The number of aliphatic hydroxyl groups excluding tert-OH is 1. The van der Waals surface area contributed by atoms with Crippen molar-refractivity contribution in [3.8, 4) is 17.2 Å². The van der Waals surface area contributed by atoms with Crippen LogP contribution < -0.4 is 14.2 Å². The molecule has 7 heteroatoms. The first-order chi connectivity index (χ1) is 13.8. The first kappa shape index (κ1) is 15.6. The molecule has 0 aliphatic carbocycles. The number of fused-ring (bicyclic) bond motifs is 3. The van der Waals surface area contributed by atoms with Crippen LogP contribution in [0.1, 0.15) is 18.4 Å². The normalized spacial score (nSPS) is 41.6. The minimum atomic E-state index is -0.277. The zero-order valence-corrected chi connectivity index (χ0v) is 15.7. The summed E-state index contributed by atoms with van der Waals surface area (Å²) >= 11 is 0. The maximum Gasteiger partial charge on any atom is 0.231 e. The van der Waals surface area contributed by atoms with Gasteiger partial charge in [-0.05, 0) is 18.8 Å². The molecule has 1 spiro atoms. The molecule has 5 fully saturated rings. The summed E-state index contributed by atoms with van der Waals surface area (Å²) in [6.45, 7) is 1.95. The molecule has 7 nitrogen and oxygen atoms in total. The van der Waals surface area contributed by atoms with E-state index in [-0.39, 0.29) is 18.8 Å². The van der Waals surface area contributed by atoms with Crippen LogP contribution in [0.4, 0.5) is 5.69 Å². The highest BCUT2D eigenvalue weighted by atomic mass is 16.7. The van der Waals surface area contributed by atoms with Crippen LogP contribution in [-0.2, 0) is 10.2 Å². The van der Waals surface area contributed by atoms with E-state index in [1.54, 1.807) is 7.11 Å². The number of nitrogens with zero attached hydrogens (tertiary/aromatic N) is 2. The molecule has 146 valence electrons. The average molecular weight is 382 g/mol. The maximum atomic E-state index is 9.47. The molecule has 6 atom stereocenters. The molecule has 5 bridgehead atoms. The number of aliphatic hydroxyl groups is 1. The van der Waals surface area contributed by atoms with Gasteiger partial charge in [0.25, 0.3) is 0 Å². The molecule has 28 heavy (non-hydrogen) atoms. The Bertz CT molecular complexity index is 972. The lowest BCUT2D eigenvalue weighted by molar-refractivity contribution is -0.0155. The molecule has 1 unspecified atom stereocenters. The first-order valence-electron chi connectivity index (χ1n) is 10.0. The molecule has 7 aliphatic rings. The fourth-order valence-electron chi connectivity index (χ4n) is 6.92. The van der Waals surface area contributed by atoms with Crippen LogP contribution in [0, 0.1) is 11.8 Å². The molecule has 0 radical (unpaired) electrons. The SMILES string of the molecule is COc1c2c(cc3c1[C@@]14C[C@H]5[C@@H](COC1=N3)[C@H]1C[C@@H]4N5C/C1=C\CO)OCO2. The molecule has 0 amide bonds. The maximum absolute atomic E-state index is 9.47. The Balaban J connectivity index is 1.45. The Labute approximate surface area is 162 Å². The van der Waals surface area contributed by atoms with Gasteiger partial charge in [0.15, 0.2) is 11.5 Å². The second-order valence-electron chi connectivity index (χ2n) is 8.66. The molecule has 1 aromatic rings. The van der Waals surface area contributed by atoms with E-state index in [2.05, 4.69) is 4.90 Å². The number of methoxy groups -OCH3 is 1. The summed E-state index contributed by atoms with van der Waals surface area (Å²) in [4.78, 5) is 7.59. The Hall–Kier alpha value is -2.25. The standard InChI is InChI=1S/C21H22N2O5/c1-25-19-17-13(5-15-18(19)28-9-27-15)22-20-21(17)6-14-12(8-26-20)11-4-16(21)23(14)7-10(11)2-3-24/h2,5,11-12,14,16,24H,3-4,6-9H2,1H3/b10-2+/t11-,12-,14-,16-,21-/m0/s1. The molecule has 0 saturated carbocycles. The third kappa shape index (κ3) is 1.56. The van der Waals surface area contributed by atoms with Crippen molar-refractivity contribution in [2.24, 2.45) is 16.8 Å². The quantitative estimate of drug-likeness (QED) is 0.786. The van der Waals surface area contributed by atoms with Crippen LogP contribution in [0.5, 0.6) is 17.2 Å². The number of ether oxygens (including phenoxy) is 4. The monoisotopic (exact) mass is 382 g/mol. The number of hydrogen-bond acceptors (Lipinski definition) is 7. The summed E-state index contributed by atoms with van der Waals surface area (Å²) in [7, 11) is 1.70. The van der Waals surface area contributed by atoms with E-state index in [1.165, 1.54) is 5.57 Å². The van der Waals surface area contributed by atoms with Crippen molar-refractivity contribution >= 4 is 11.6 Å². The van der Waals surface area contributed by atoms with Gasteiger partial charge in [-0.25, -0.2) is 4.99 Å². The van der Waals surface area contributed by atoms with Crippen LogP contribution >= 0.6 is 0 Å². The zero-order chi connectivity index (χ0) is 18.6. The van der Waals surface area contributed by atoms with Crippen molar-refractivity contribution in [3.05, 3.63) is 23.3 Å². The predicted octanol–water partition coefficient (Wildman–Crippen LogP) is 1.75. The predicted molar refractivity (Wildman–Crippen MR) is 99.5 cm³/mol. The van der Waals surface area contributed by atoms with Gasteiger partial charge in [0.1, 0.15) is 0 Å². The molecule has 1 aromatic carbocycles. The fourth-order valence-corrected chi connectivity index (χ4v) is 6.92. The number of hydrogen-bond donors (Lipinski definition) is 1. The van der Waals surface area contributed by atoms with E-state index in [0.717, 1.165) is 42.3 Å². The summed E-state index contributed by atoms with van der Waals surface area (Å²) < 4.78 is 23.6. The van der Waals surface area contributed by atoms with Crippen molar-refractivity contribution in [1.82, 2.24) is 4.90 Å². The van der Waals surface area contributed by atoms with Gasteiger partial charge in [-0.2, -0.15) is 0 Å². The van der Waals surface area contributed by atoms with Crippen molar-refractivity contribution in [2.45, 2.75) is 30.3 Å². The van der Waals surface area contributed by atoms with Crippen molar-refractivity contribution < 1.29 is 24.1 Å². The van der Waals surface area contributed by atoms with E-state index in [1.807, 2.05) is 12.1 Å². The molecule has 8 rings (SSSR count). The Morgan fingerprint density at radius 2 is 2.32 bits per heavy atom. The van der Waals surface area contributed by atoms with Crippen LogP contribution in [0.15, 0.2) is 22.7 Å². The first-order valence-corrected chi connectivity index (χ1v) is 10.0. The van der Waals surface area contributed by atoms with Crippen LogP contribution in [0.3, 0.4) is 0 Å². The van der Waals surface area contributed by atoms with E-state index >= 15 is 0 Å². The molecular weight excluding hydrogens is 360 g/mol. The molecule has 7 aliphatic heterocycles. The summed E-state index contributed by atoms with van der Waals surface area (Å²) in [5, 5.41) is 9.47. The van der Waals surface area contributed by atoms with Crippen LogP contribution in [0.25, 0.3) is 0 Å². The van der Waals surface area contributed by atoms with Gasteiger partial charge in [0, 0.05) is 36.2 Å². The second kappa shape index (κ2) is 5.02. The molecule has 0 aromatic heterocycles. The van der Waals surface area contributed by atoms with E-state index < -0.39 is 0 Å². The van der Waals surface area contributed by atoms with Crippen LogP contribution in [-0.4, -0.2) is 61.6 Å². The number of aliphatic imine (C=N–C) groups is 1. The topological polar surface area (TPSA) is 72.8 Å². The third-order valence-corrected chi connectivity index (χ3v) is 7.87. The Kier molecular flexibility index (Phi) is 2.80. The van der Waals surface area contributed by atoms with Gasteiger partial charge >= 0.3 is 0 Å². The molecular formula is C21H22N2O5. The lowest BCUT2D eigenvalue weighted by Crippen LogP contribution is -2.61. The zero-order valence-electron chi connectivity index (χ0n) is 15.7. The number of benzene rings is 1. The van der Waals surface area contributed by atoms with Crippen molar-refractivity contribution in [3.63, 3.8) is 0 Å². The highest BCUT2D eigenvalue weighted by Crippen LogP contribution is 2.66. The average Bonchev–Trinajstić information content (AvgIpc) is 3.31. The van der Waals surface area contributed by atoms with E-state index in [4.69, 9.17) is 23.9 Å².